The van der Waals surface area contributed by atoms with Gasteiger partial charge in [-0.2, -0.15) is 0 Å². The standard InChI is InChI=1S/C33H41NO4/c1-4-20-37-23-27(34-18-8-9-19-34)22-30(36)38-29-21-26-16-17-33(29,32(26,2)3)31(24-10-6-5-7-11-24)25-12-14-28(35)15-13-25/h4-7,10-15,22,26,29,31,35H,1,8-9,16-21,23H2,2-3H3/b27-22-/t26-,29-,31?,33+/m1/s1. The van der Waals surface area contributed by atoms with Gasteiger partial charge in [0.25, 0.3) is 0 Å². The maximum atomic E-state index is 13.5. The van der Waals surface area contributed by atoms with Crippen LogP contribution in [0.2, 0.25) is 0 Å². The van der Waals surface area contributed by atoms with E-state index in [1.54, 1.807) is 24.3 Å². The van der Waals surface area contributed by atoms with Crippen LogP contribution in [-0.2, 0) is 14.3 Å². The molecule has 38 heavy (non-hydrogen) atoms. The summed E-state index contributed by atoms with van der Waals surface area (Å²) in [7, 11) is 0. The van der Waals surface area contributed by atoms with Crippen molar-refractivity contribution in [2.24, 2.45) is 16.7 Å². The molecule has 3 aliphatic rings. The largest absolute Gasteiger partial charge is 0.508 e. The number of fused-ring (bicyclic) bond motifs is 2. The highest BCUT2D eigenvalue weighted by molar-refractivity contribution is 5.83. The lowest BCUT2D eigenvalue weighted by atomic mass is 9.57. The number of rotatable bonds is 10. The molecule has 2 aliphatic carbocycles. The average molecular weight is 516 g/mol. The fraction of sp³-hybridized carbons (Fsp3) is 0.485. The molecule has 1 saturated heterocycles. The Labute approximate surface area is 227 Å². The third-order valence-corrected chi connectivity index (χ3v) is 9.62. The molecule has 2 saturated carbocycles. The summed E-state index contributed by atoms with van der Waals surface area (Å²) in [5, 5.41) is 10.0. The third-order valence-electron chi connectivity index (χ3n) is 9.62. The van der Waals surface area contributed by atoms with Gasteiger partial charge in [0, 0.05) is 36.2 Å². The molecule has 0 amide bonds. The van der Waals surface area contributed by atoms with Crippen LogP contribution in [0.25, 0.3) is 0 Å². The first-order chi connectivity index (χ1) is 18.4. The predicted molar refractivity (Wildman–Crippen MR) is 150 cm³/mol. The van der Waals surface area contributed by atoms with Crippen LogP contribution in [0.15, 0.2) is 79.0 Å². The molecule has 1 N–H and O–H groups in total. The molecule has 0 aromatic heterocycles. The molecule has 1 unspecified atom stereocenters. The first-order valence-corrected chi connectivity index (χ1v) is 14.1. The molecule has 2 bridgehead atoms. The molecule has 5 rings (SSSR count). The topological polar surface area (TPSA) is 59.0 Å². The van der Waals surface area contributed by atoms with Gasteiger partial charge < -0.3 is 19.5 Å². The number of carbonyl (C=O) groups is 1. The molecule has 2 aromatic carbocycles. The number of hydrogen-bond acceptors (Lipinski definition) is 5. The van der Waals surface area contributed by atoms with Crippen molar-refractivity contribution in [2.45, 2.75) is 58.0 Å². The minimum Gasteiger partial charge on any atom is -0.508 e. The lowest BCUT2D eigenvalue weighted by molar-refractivity contribution is -0.153. The van der Waals surface area contributed by atoms with Crippen molar-refractivity contribution in [3.05, 3.63) is 90.2 Å². The van der Waals surface area contributed by atoms with Crippen LogP contribution < -0.4 is 0 Å². The summed E-state index contributed by atoms with van der Waals surface area (Å²) in [4.78, 5) is 15.8. The number of aromatic hydroxyl groups is 1. The SMILES string of the molecule is C=CCOC/C(=C/C(=O)O[C@@H]1C[C@H]2CC[C@]1(C(c1ccccc1)c1ccc(O)cc1)C2(C)C)N1CCCC1. The van der Waals surface area contributed by atoms with E-state index in [2.05, 4.69) is 49.6 Å². The van der Waals surface area contributed by atoms with Crippen molar-refractivity contribution in [1.82, 2.24) is 4.90 Å². The van der Waals surface area contributed by atoms with E-state index < -0.39 is 0 Å². The Morgan fingerprint density at radius 2 is 1.79 bits per heavy atom. The number of esters is 1. The van der Waals surface area contributed by atoms with Gasteiger partial charge in [0.05, 0.1) is 13.2 Å². The molecule has 0 radical (unpaired) electrons. The van der Waals surface area contributed by atoms with E-state index in [1.165, 1.54) is 5.56 Å². The van der Waals surface area contributed by atoms with E-state index in [4.69, 9.17) is 9.47 Å². The summed E-state index contributed by atoms with van der Waals surface area (Å²) in [6.45, 7) is 11.2. The molecular formula is C33H41NO4. The smallest absolute Gasteiger partial charge is 0.332 e. The molecule has 3 fully saturated rings. The monoisotopic (exact) mass is 515 g/mol. The van der Waals surface area contributed by atoms with Crippen LogP contribution in [0.3, 0.4) is 0 Å². The van der Waals surface area contributed by atoms with Crippen molar-refractivity contribution < 1.29 is 19.4 Å². The normalized spacial score (nSPS) is 26.9. The van der Waals surface area contributed by atoms with Gasteiger partial charge in [-0.15, -0.1) is 6.58 Å². The van der Waals surface area contributed by atoms with Gasteiger partial charge >= 0.3 is 5.97 Å². The van der Waals surface area contributed by atoms with E-state index in [1.807, 2.05) is 18.2 Å². The lowest BCUT2D eigenvalue weighted by Gasteiger charge is -2.48. The Hall–Kier alpha value is -3.05. The molecule has 0 spiro atoms. The number of hydrogen-bond donors (Lipinski definition) is 1. The van der Waals surface area contributed by atoms with Crippen LogP contribution in [0.1, 0.15) is 63.0 Å². The van der Waals surface area contributed by atoms with Crippen LogP contribution in [0, 0.1) is 16.7 Å². The van der Waals surface area contributed by atoms with Crippen LogP contribution in [0.5, 0.6) is 5.75 Å². The van der Waals surface area contributed by atoms with Gasteiger partial charge in [-0.3, -0.25) is 0 Å². The Morgan fingerprint density at radius 1 is 1.11 bits per heavy atom. The number of phenols is 1. The zero-order chi connectivity index (χ0) is 26.8. The van der Waals surface area contributed by atoms with Crippen molar-refractivity contribution >= 4 is 5.97 Å². The molecule has 4 atom stereocenters. The van der Waals surface area contributed by atoms with Crippen LogP contribution in [0.4, 0.5) is 0 Å². The Kier molecular flexibility index (Phi) is 7.67. The van der Waals surface area contributed by atoms with Gasteiger partial charge in [-0.05, 0) is 66.7 Å². The van der Waals surface area contributed by atoms with Crippen molar-refractivity contribution in [1.29, 1.82) is 0 Å². The maximum absolute atomic E-state index is 13.5. The Bertz CT molecular complexity index is 1150. The maximum Gasteiger partial charge on any atom is 0.332 e. The van der Waals surface area contributed by atoms with Crippen molar-refractivity contribution in [3.8, 4) is 5.75 Å². The van der Waals surface area contributed by atoms with Crippen molar-refractivity contribution in [2.75, 3.05) is 26.3 Å². The molecule has 1 aliphatic heterocycles. The lowest BCUT2D eigenvalue weighted by Crippen LogP contribution is -2.46. The number of benzene rings is 2. The first-order valence-electron chi connectivity index (χ1n) is 14.1. The van der Waals surface area contributed by atoms with Crippen molar-refractivity contribution in [3.63, 3.8) is 0 Å². The molecule has 5 nitrogen and oxygen atoms in total. The number of carbonyl (C=O) groups excluding carboxylic acids is 1. The van der Waals surface area contributed by atoms with Gasteiger partial charge in [0.2, 0.25) is 0 Å². The highest BCUT2D eigenvalue weighted by Crippen LogP contribution is 2.72. The third kappa shape index (κ3) is 4.77. The van der Waals surface area contributed by atoms with Crippen LogP contribution in [-0.4, -0.2) is 48.4 Å². The van der Waals surface area contributed by atoms with E-state index in [-0.39, 0.29) is 34.6 Å². The highest BCUT2D eigenvalue weighted by atomic mass is 16.5. The van der Waals surface area contributed by atoms with Gasteiger partial charge in [0.1, 0.15) is 11.9 Å². The Morgan fingerprint density at radius 3 is 2.45 bits per heavy atom. The fourth-order valence-corrected chi connectivity index (χ4v) is 7.67. The zero-order valence-electron chi connectivity index (χ0n) is 22.8. The Balaban J connectivity index is 1.50. The number of likely N-dealkylation sites (tertiary alicyclic amines) is 1. The average Bonchev–Trinajstić information content (AvgIpc) is 3.58. The summed E-state index contributed by atoms with van der Waals surface area (Å²) in [6.07, 6.45) is 8.45. The summed E-state index contributed by atoms with van der Waals surface area (Å²) < 4.78 is 12.2. The summed E-state index contributed by atoms with van der Waals surface area (Å²) in [5.41, 5.74) is 2.99. The second-order valence-corrected chi connectivity index (χ2v) is 11.7. The second kappa shape index (κ2) is 11.0. The summed E-state index contributed by atoms with van der Waals surface area (Å²) in [5.74, 6) is 0.512. The minimum absolute atomic E-state index is 0.0229. The van der Waals surface area contributed by atoms with Gasteiger partial charge in [-0.25, -0.2) is 4.79 Å². The quantitative estimate of drug-likeness (QED) is 0.171. The van der Waals surface area contributed by atoms with E-state index in [9.17, 15) is 9.90 Å². The van der Waals surface area contributed by atoms with E-state index in [0.717, 1.165) is 56.5 Å². The fourth-order valence-electron chi connectivity index (χ4n) is 7.67. The van der Waals surface area contributed by atoms with Gasteiger partial charge in [-0.1, -0.05) is 62.4 Å². The molecule has 2 aromatic rings. The summed E-state index contributed by atoms with van der Waals surface area (Å²) in [6, 6.07) is 18.2. The van der Waals surface area contributed by atoms with E-state index >= 15 is 0 Å². The summed E-state index contributed by atoms with van der Waals surface area (Å²) >= 11 is 0. The number of phenolic OH excluding ortho intramolecular Hbond substituents is 1. The van der Waals surface area contributed by atoms with E-state index in [0.29, 0.717) is 19.1 Å². The molecule has 202 valence electrons. The minimum atomic E-state index is -0.278. The number of ether oxygens (including phenoxy) is 2. The zero-order valence-corrected chi connectivity index (χ0v) is 22.8. The second-order valence-electron chi connectivity index (χ2n) is 11.7. The molecule has 5 heteroatoms. The molecule has 1 heterocycles. The van der Waals surface area contributed by atoms with Gasteiger partial charge in [0.15, 0.2) is 0 Å². The number of nitrogens with zero attached hydrogens (tertiary/aromatic N) is 1. The predicted octanol–water partition coefficient (Wildman–Crippen LogP) is 6.44. The molecular weight excluding hydrogens is 474 g/mol. The van der Waals surface area contributed by atoms with Crippen LogP contribution >= 0.6 is 0 Å². The highest BCUT2D eigenvalue weighted by Gasteiger charge is 2.68. The first kappa shape index (κ1) is 26.6.